The number of rotatable bonds is 7. The third-order valence-corrected chi connectivity index (χ3v) is 2.93. The molecule has 0 spiro atoms. The molecule has 0 saturated carbocycles. The van der Waals surface area contributed by atoms with E-state index >= 15 is 0 Å². The number of carboxylic acid groups (broad SMARTS) is 2. The molecule has 1 amide bonds. The second-order valence-corrected chi connectivity index (χ2v) is 4.54. The summed E-state index contributed by atoms with van der Waals surface area (Å²) in [4.78, 5) is 33.0. The van der Waals surface area contributed by atoms with Crippen molar-refractivity contribution in [1.82, 2.24) is 5.32 Å². The van der Waals surface area contributed by atoms with Gasteiger partial charge < -0.3 is 20.3 Å². The van der Waals surface area contributed by atoms with Crippen LogP contribution in [0.25, 0.3) is 0 Å². The highest BCUT2D eigenvalue weighted by Crippen LogP contribution is 2.20. The summed E-state index contributed by atoms with van der Waals surface area (Å²) in [6.45, 7) is 3.36. The van der Waals surface area contributed by atoms with E-state index in [1.54, 1.807) is 12.1 Å². The van der Waals surface area contributed by atoms with E-state index in [9.17, 15) is 14.4 Å². The first-order chi connectivity index (χ1) is 9.81. The van der Waals surface area contributed by atoms with Crippen LogP contribution in [-0.2, 0) is 14.4 Å². The molecule has 0 aliphatic carbocycles. The summed E-state index contributed by atoms with van der Waals surface area (Å²) in [5, 5.41) is 19.5. The monoisotopic (exact) mass is 295 g/mol. The highest BCUT2D eigenvalue weighted by atomic mass is 16.5. The summed E-state index contributed by atoms with van der Waals surface area (Å²) in [6, 6.07) is 3.90. The van der Waals surface area contributed by atoms with Gasteiger partial charge in [0.1, 0.15) is 11.8 Å². The van der Waals surface area contributed by atoms with Gasteiger partial charge in [0, 0.05) is 0 Å². The van der Waals surface area contributed by atoms with Gasteiger partial charge in [0.25, 0.3) is 5.91 Å². The van der Waals surface area contributed by atoms with E-state index < -0.39 is 30.3 Å². The number of amides is 1. The molecule has 1 rings (SSSR count). The third kappa shape index (κ3) is 5.13. The molecule has 21 heavy (non-hydrogen) atoms. The van der Waals surface area contributed by atoms with Crippen LogP contribution in [0.4, 0.5) is 0 Å². The number of nitrogens with one attached hydrogen (secondary N) is 1. The third-order valence-electron chi connectivity index (χ3n) is 2.93. The Kier molecular flexibility index (Phi) is 5.71. The van der Waals surface area contributed by atoms with Crippen LogP contribution in [0.5, 0.6) is 5.75 Å². The summed E-state index contributed by atoms with van der Waals surface area (Å²) in [6.07, 6.45) is -0.690. The Labute approximate surface area is 121 Å². The smallest absolute Gasteiger partial charge is 0.326 e. The largest absolute Gasteiger partial charge is 0.483 e. The minimum atomic E-state index is -1.47. The zero-order valence-electron chi connectivity index (χ0n) is 11.8. The Balaban J connectivity index is 2.59. The molecule has 114 valence electrons. The molecular formula is C14H17NO6. The number of carbonyl (C=O) groups excluding carboxylic acids is 1. The molecule has 3 N–H and O–H groups in total. The lowest BCUT2D eigenvalue weighted by atomic mass is 10.1. The molecule has 0 aromatic heterocycles. The minimum Gasteiger partial charge on any atom is -0.483 e. The summed E-state index contributed by atoms with van der Waals surface area (Å²) in [5.74, 6) is -2.88. The van der Waals surface area contributed by atoms with E-state index in [2.05, 4.69) is 5.32 Å². The van der Waals surface area contributed by atoms with Crippen molar-refractivity contribution >= 4 is 17.8 Å². The molecule has 0 bridgehead atoms. The van der Waals surface area contributed by atoms with Crippen molar-refractivity contribution in [2.75, 3.05) is 6.61 Å². The number of ether oxygens (including phenoxy) is 1. The molecular weight excluding hydrogens is 278 g/mol. The van der Waals surface area contributed by atoms with Gasteiger partial charge in [-0.1, -0.05) is 12.1 Å². The van der Waals surface area contributed by atoms with Gasteiger partial charge in [-0.05, 0) is 31.0 Å². The maximum atomic E-state index is 11.6. The van der Waals surface area contributed by atoms with Gasteiger partial charge in [-0.25, -0.2) is 4.79 Å². The molecule has 0 fully saturated rings. The number of benzene rings is 1. The molecule has 1 unspecified atom stereocenters. The molecule has 0 saturated heterocycles. The fourth-order valence-electron chi connectivity index (χ4n) is 1.63. The van der Waals surface area contributed by atoms with Crippen LogP contribution in [0.1, 0.15) is 17.5 Å². The Hall–Kier alpha value is -2.57. The molecule has 7 nitrogen and oxygen atoms in total. The van der Waals surface area contributed by atoms with Crippen molar-refractivity contribution in [1.29, 1.82) is 0 Å². The quantitative estimate of drug-likeness (QED) is 0.683. The molecule has 0 aliphatic rings. The first-order valence-corrected chi connectivity index (χ1v) is 6.24. The zero-order valence-corrected chi connectivity index (χ0v) is 11.8. The predicted octanol–water partition coefficient (Wildman–Crippen LogP) is 0.726. The normalized spacial score (nSPS) is 11.5. The van der Waals surface area contributed by atoms with Crippen molar-refractivity contribution < 1.29 is 29.3 Å². The van der Waals surface area contributed by atoms with Crippen LogP contribution in [-0.4, -0.2) is 40.7 Å². The Bertz CT molecular complexity index is 554. The number of hydrogen-bond acceptors (Lipinski definition) is 4. The Morgan fingerprint density at radius 1 is 1.24 bits per heavy atom. The highest BCUT2D eigenvalue weighted by molar-refractivity contribution is 5.87. The van der Waals surface area contributed by atoms with E-state index in [1.165, 1.54) is 0 Å². The zero-order chi connectivity index (χ0) is 16.0. The molecule has 0 aliphatic heterocycles. The number of carboxylic acids is 2. The molecule has 0 heterocycles. The lowest BCUT2D eigenvalue weighted by molar-refractivity contribution is -0.147. The van der Waals surface area contributed by atoms with Crippen molar-refractivity contribution in [2.45, 2.75) is 26.3 Å². The summed E-state index contributed by atoms with van der Waals surface area (Å²) >= 11 is 0. The molecule has 0 radical (unpaired) electrons. The van der Waals surface area contributed by atoms with Crippen molar-refractivity contribution in [3.8, 4) is 5.75 Å². The van der Waals surface area contributed by atoms with E-state index in [0.29, 0.717) is 5.75 Å². The van der Waals surface area contributed by atoms with Crippen LogP contribution in [0.2, 0.25) is 0 Å². The molecule has 1 aromatic carbocycles. The first-order valence-electron chi connectivity index (χ1n) is 6.24. The highest BCUT2D eigenvalue weighted by Gasteiger charge is 2.23. The van der Waals surface area contributed by atoms with Gasteiger partial charge in [0.15, 0.2) is 6.61 Å². The SMILES string of the molecule is Cc1cccc(OCC(=O)NC(CC(=O)O)C(=O)O)c1C. The van der Waals surface area contributed by atoms with Gasteiger partial charge >= 0.3 is 11.9 Å². The minimum absolute atomic E-state index is 0.381. The number of carbonyl (C=O) groups is 3. The van der Waals surface area contributed by atoms with Crippen molar-refractivity contribution in [3.63, 3.8) is 0 Å². The second kappa shape index (κ2) is 7.28. The number of hydrogen-bond donors (Lipinski definition) is 3. The standard InChI is InChI=1S/C14H17NO6/c1-8-4-3-5-11(9(8)2)21-7-12(16)15-10(14(19)20)6-13(17)18/h3-5,10H,6-7H2,1-2H3,(H,15,16)(H,17,18)(H,19,20). The van der Waals surface area contributed by atoms with Crippen LogP contribution < -0.4 is 10.1 Å². The van der Waals surface area contributed by atoms with E-state index in [1.807, 2.05) is 19.9 Å². The first kappa shape index (κ1) is 16.5. The summed E-state index contributed by atoms with van der Waals surface area (Å²) in [7, 11) is 0. The topological polar surface area (TPSA) is 113 Å². The fraction of sp³-hybridized carbons (Fsp3) is 0.357. The van der Waals surface area contributed by atoms with Crippen LogP contribution in [0.15, 0.2) is 18.2 Å². The van der Waals surface area contributed by atoms with Crippen molar-refractivity contribution in [2.24, 2.45) is 0 Å². The van der Waals surface area contributed by atoms with Gasteiger partial charge in [-0.3, -0.25) is 9.59 Å². The molecule has 1 atom stereocenters. The van der Waals surface area contributed by atoms with Crippen molar-refractivity contribution in [3.05, 3.63) is 29.3 Å². The molecule has 1 aromatic rings. The lowest BCUT2D eigenvalue weighted by Gasteiger charge is -2.14. The summed E-state index contributed by atoms with van der Waals surface area (Å²) < 4.78 is 5.31. The van der Waals surface area contributed by atoms with Gasteiger partial charge in [0.2, 0.25) is 0 Å². The van der Waals surface area contributed by atoms with Crippen LogP contribution >= 0.6 is 0 Å². The Morgan fingerprint density at radius 3 is 2.48 bits per heavy atom. The fourth-order valence-corrected chi connectivity index (χ4v) is 1.63. The predicted molar refractivity (Wildman–Crippen MR) is 73.2 cm³/mol. The van der Waals surface area contributed by atoms with Gasteiger partial charge in [0.05, 0.1) is 6.42 Å². The lowest BCUT2D eigenvalue weighted by Crippen LogP contribution is -2.44. The second-order valence-electron chi connectivity index (χ2n) is 4.54. The average molecular weight is 295 g/mol. The number of aryl methyl sites for hydroxylation is 1. The van der Waals surface area contributed by atoms with E-state index in [0.717, 1.165) is 11.1 Å². The maximum Gasteiger partial charge on any atom is 0.326 e. The van der Waals surface area contributed by atoms with E-state index in [4.69, 9.17) is 14.9 Å². The van der Waals surface area contributed by atoms with Gasteiger partial charge in [-0.2, -0.15) is 0 Å². The number of aliphatic carboxylic acids is 2. The van der Waals surface area contributed by atoms with Crippen LogP contribution in [0, 0.1) is 13.8 Å². The summed E-state index contributed by atoms with van der Waals surface area (Å²) in [5.41, 5.74) is 1.88. The van der Waals surface area contributed by atoms with Crippen LogP contribution in [0.3, 0.4) is 0 Å². The molecule has 7 heteroatoms. The maximum absolute atomic E-state index is 11.6. The van der Waals surface area contributed by atoms with Gasteiger partial charge in [-0.15, -0.1) is 0 Å². The van der Waals surface area contributed by atoms with E-state index in [-0.39, 0.29) is 6.61 Å². The average Bonchev–Trinajstić information content (AvgIpc) is 2.39. The Morgan fingerprint density at radius 2 is 1.90 bits per heavy atom.